The molecule has 0 fully saturated rings. The highest BCUT2D eigenvalue weighted by Crippen LogP contribution is 2.18. The van der Waals surface area contributed by atoms with Gasteiger partial charge in [-0.1, -0.05) is 0 Å². The van der Waals surface area contributed by atoms with E-state index in [0.717, 1.165) is 6.07 Å². The van der Waals surface area contributed by atoms with Gasteiger partial charge in [-0.25, -0.2) is 8.78 Å². The molecule has 88 valence electrons. The van der Waals surface area contributed by atoms with Gasteiger partial charge in [-0.3, -0.25) is 0 Å². The molecule has 0 spiro atoms. The Hall–Kier alpha value is -1.88. The highest BCUT2D eigenvalue weighted by molar-refractivity contribution is 5.21. The molecule has 2 rings (SSSR count). The molecular formula is C12H10F2N2O. The average molecular weight is 236 g/mol. The molecule has 0 bridgehead atoms. The van der Waals surface area contributed by atoms with Gasteiger partial charge in [0, 0.05) is 24.2 Å². The number of aliphatic hydroxyl groups is 1. The Morgan fingerprint density at radius 2 is 1.82 bits per heavy atom. The zero-order chi connectivity index (χ0) is 12.3. The molecule has 2 aromatic rings. The minimum absolute atomic E-state index is 0.125. The number of nitrogens with zero attached hydrogens (tertiary/aromatic N) is 2. The molecule has 1 N–H and O–H groups in total. The van der Waals surface area contributed by atoms with Gasteiger partial charge in [-0.15, -0.1) is 0 Å². The first-order valence-electron chi connectivity index (χ1n) is 5.05. The summed E-state index contributed by atoms with van der Waals surface area (Å²) >= 11 is 0. The Bertz CT molecular complexity index is 485. The Labute approximate surface area is 96.8 Å². The maximum atomic E-state index is 12.9. The SMILES string of the molecule is OC(Cc1cc(F)cc(F)c1)c1ccnnc1. The third-order valence-electron chi connectivity index (χ3n) is 2.34. The van der Waals surface area contributed by atoms with E-state index in [4.69, 9.17) is 0 Å². The number of hydrogen-bond acceptors (Lipinski definition) is 3. The molecule has 0 aliphatic rings. The zero-order valence-corrected chi connectivity index (χ0v) is 8.85. The van der Waals surface area contributed by atoms with Crippen molar-refractivity contribution in [1.82, 2.24) is 10.2 Å². The van der Waals surface area contributed by atoms with Crippen LogP contribution in [0.25, 0.3) is 0 Å². The van der Waals surface area contributed by atoms with Crippen molar-refractivity contribution in [3.05, 3.63) is 59.4 Å². The van der Waals surface area contributed by atoms with Gasteiger partial charge in [0.15, 0.2) is 0 Å². The summed E-state index contributed by atoms with van der Waals surface area (Å²) in [6.07, 6.45) is 2.14. The first kappa shape index (κ1) is 11.6. The normalized spacial score (nSPS) is 12.4. The molecule has 0 saturated carbocycles. The van der Waals surface area contributed by atoms with Crippen LogP contribution in [-0.4, -0.2) is 15.3 Å². The standard InChI is InChI=1S/C12H10F2N2O/c13-10-3-8(4-11(14)6-10)5-12(17)9-1-2-15-16-7-9/h1-4,6-7,12,17H,5H2. The monoisotopic (exact) mass is 236 g/mol. The second-order valence-electron chi connectivity index (χ2n) is 3.67. The molecule has 3 nitrogen and oxygen atoms in total. The fraction of sp³-hybridized carbons (Fsp3) is 0.167. The third kappa shape index (κ3) is 3.04. The van der Waals surface area contributed by atoms with Crippen molar-refractivity contribution in [1.29, 1.82) is 0 Å². The average Bonchev–Trinajstić information content (AvgIpc) is 2.28. The maximum Gasteiger partial charge on any atom is 0.126 e. The number of aliphatic hydroxyl groups excluding tert-OH is 1. The van der Waals surface area contributed by atoms with Gasteiger partial charge in [-0.2, -0.15) is 10.2 Å². The van der Waals surface area contributed by atoms with Crippen molar-refractivity contribution in [2.75, 3.05) is 0 Å². The lowest BCUT2D eigenvalue weighted by Crippen LogP contribution is -2.03. The molecule has 1 heterocycles. The van der Waals surface area contributed by atoms with Crippen molar-refractivity contribution in [2.24, 2.45) is 0 Å². The van der Waals surface area contributed by atoms with Crippen LogP contribution < -0.4 is 0 Å². The van der Waals surface area contributed by atoms with Crippen molar-refractivity contribution >= 4 is 0 Å². The molecule has 1 unspecified atom stereocenters. The predicted octanol–water partition coefficient (Wildman–Crippen LogP) is 2.03. The van der Waals surface area contributed by atoms with Crippen LogP contribution in [0.15, 0.2) is 36.7 Å². The minimum atomic E-state index is -0.855. The van der Waals surface area contributed by atoms with Gasteiger partial charge in [0.1, 0.15) is 11.6 Å². The fourth-order valence-electron chi connectivity index (χ4n) is 1.57. The van der Waals surface area contributed by atoms with Crippen LogP contribution in [0.4, 0.5) is 8.78 Å². The second kappa shape index (κ2) is 4.97. The van der Waals surface area contributed by atoms with Crippen LogP contribution in [0.3, 0.4) is 0 Å². The molecule has 0 radical (unpaired) electrons. The van der Waals surface area contributed by atoms with Gasteiger partial charge < -0.3 is 5.11 Å². The van der Waals surface area contributed by atoms with Crippen LogP contribution >= 0.6 is 0 Å². The van der Waals surface area contributed by atoms with E-state index in [2.05, 4.69) is 10.2 Å². The van der Waals surface area contributed by atoms with Crippen LogP contribution in [0.5, 0.6) is 0 Å². The molecule has 0 aliphatic carbocycles. The van der Waals surface area contributed by atoms with E-state index in [1.807, 2.05) is 0 Å². The zero-order valence-electron chi connectivity index (χ0n) is 8.85. The van der Waals surface area contributed by atoms with E-state index in [9.17, 15) is 13.9 Å². The largest absolute Gasteiger partial charge is 0.388 e. The van der Waals surface area contributed by atoms with Crippen molar-refractivity contribution in [3.8, 4) is 0 Å². The van der Waals surface area contributed by atoms with Crippen LogP contribution in [-0.2, 0) is 6.42 Å². The lowest BCUT2D eigenvalue weighted by molar-refractivity contribution is 0.177. The summed E-state index contributed by atoms with van der Waals surface area (Å²) in [7, 11) is 0. The van der Waals surface area contributed by atoms with Crippen LogP contribution in [0, 0.1) is 11.6 Å². The molecule has 1 atom stereocenters. The first-order chi connectivity index (χ1) is 8.15. The lowest BCUT2D eigenvalue weighted by atomic mass is 10.0. The van der Waals surface area contributed by atoms with E-state index >= 15 is 0 Å². The maximum absolute atomic E-state index is 12.9. The highest BCUT2D eigenvalue weighted by Gasteiger charge is 2.10. The van der Waals surface area contributed by atoms with Crippen molar-refractivity contribution in [3.63, 3.8) is 0 Å². The third-order valence-corrected chi connectivity index (χ3v) is 2.34. The molecule has 17 heavy (non-hydrogen) atoms. The van der Waals surface area contributed by atoms with Crippen molar-refractivity contribution < 1.29 is 13.9 Å². The first-order valence-corrected chi connectivity index (χ1v) is 5.05. The second-order valence-corrected chi connectivity index (χ2v) is 3.67. The van der Waals surface area contributed by atoms with Gasteiger partial charge in [-0.05, 0) is 23.8 Å². The van der Waals surface area contributed by atoms with Gasteiger partial charge in [0.05, 0.1) is 12.3 Å². The molecule has 1 aromatic heterocycles. The van der Waals surface area contributed by atoms with Gasteiger partial charge in [0.25, 0.3) is 0 Å². The van der Waals surface area contributed by atoms with E-state index in [0.29, 0.717) is 11.1 Å². The van der Waals surface area contributed by atoms with E-state index in [1.54, 1.807) is 6.07 Å². The predicted molar refractivity (Wildman–Crippen MR) is 57.1 cm³/mol. The summed E-state index contributed by atoms with van der Waals surface area (Å²) in [5, 5.41) is 17.0. The fourth-order valence-corrected chi connectivity index (χ4v) is 1.57. The molecule has 0 amide bonds. The van der Waals surface area contributed by atoms with Crippen LogP contribution in [0.1, 0.15) is 17.2 Å². The topological polar surface area (TPSA) is 46.0 Å². The number of hydrogen-bond donors (Lipinski definition) is 1. The molecule has 0 aliphatic heterocycles. The summed E-state index contributed by atoms with van der Waals surface area (Å²) < 4.78 is 25.9. The van der Waals surface area contributed by atoms with Crippen LogP contribution in [0.2, 0.25) is 0 Å². The summed E-state index contributed by atoms with van der Waals surface area (Å²) in [6, 6.07) is 4.79. The van der Waals surface area contributed by atoms with Crippen molar-refractivity contribution in [2.45, 2.75) is 12.5 Å². The molecule has 1 aromatic carbocycles. The number of benzene rings is 1. The van der Waals surface area contributed by atoms with E-state index in [1.165, 1.54) is 24.5 Å². The van der Waals surface area contributed by atoms with Gasteiger partial charge >= 0.3 is 0 Å². The summed E-state index contributed by atoms with van der Waals surface area (Å²) in [4.78, 5) is 0. The summed E-state index contributed by atoms with van der Waals surface area (Å²) in [5.74, 6) is -1.31. The van der Waals surface area contributed by atoms with Gasteiger partial charge in [0.2, 0.25) is 0 Å². The smallest absolute Gasteiger partial charge is 0.126 e. The lowest BCUT2D eigenvalue weighted by Gasteiger charge is -2.10. The molecule has 0 saturated heterocycles. The Balaban J connectivity index is 2.16. The Morgan fingerprint density at radius 3 is 2.41 bits per heavy atom. The Morgan fingerprint density at radius 1 is 1.12 bits per heavy atom. The van der Waals surface area contributed by atoms with E-state index < -0.39 is 17.7 Å². The molecular weight excluding hydrogens is 226 g/mol. The quantitative estimate of drug-likeness (QED) is 0.886. The van der Waals surface area contributed by atoms with E-state index in [-0.39, 0.29) is 6.42 Å². The minimum Gasteiger partial charge on any atom is -0.388 e. The number of aromatic nitrogens is 2. The molecule has 5 heteroatoms. The number of halogens is 2. The summed E-state index contributed by atoms with van der Waals surface area (Å²) in [6.45, 7) is 0. The summed E-state index contributed by atoms with van der Waals surface area (Å²) in [5.41, 5.74) is 0.955. The Kier molecular flexibility index (Phi) is 3.39. The highest BCUT2D eigenvalue weighted by atomic mass is 19.1. The number of rotatable bonds is 3.